The van der Waals surface area contributed by atoms with Crippen LogP contribution < -0.4 is 0 Å². The van der Waals surface area contributed by atoms with Crippen LogP contribution in [0.15, 0.2) is 24.3 Å². The number of rotatable bonds is 4. The van der Waals surface area contributed by atoms with Gasteiger partial charge < -0.3 is 9.47 Å². The molecule has 2 aliphatic heterocycles. The van der Waals surface area contributed by atoms with Crippen molar-refractivity contribution in [2.24, 2.45) is 5.92 Å². The van der Waals surface area contributed by atoms with Crippen LogP contribution in [-0.2, 0) is 16.1 Å². The summed E-state index contributed by atoms with van der Waals surface area (Å²) in [5.41, 5.74) is 1.93. The van der Waals surface area contributed by atoms with Gasteiger partial charge in [-0.25, -0.2) is 0 Å². The highest BCUT2D eigenvalue weighted by atomic mass is 16.5. The number of hydrogen-bond donors (Lipinski definition) is 0. The number of methoxy groups -OCH3 is 1. The first-order chi connectivity index (χ1) is 9.26. The fourth-order valence-corrected chi connectivity index (χ4v) is 3.24. The summed E-state index contributed by atoms with van der Waals surface area (Å²) in [5, 5.41) is 0. The van der Waals surface area contributed by atoms with Gasteiger partial charge in [0.25, 0.3) is 0 Å². The van der Waals surface area contributed by atoms with Gasteiger partial charge in [0.2, 0.25) is 0 Å². The topological polar surface area (TPSA) is 35.5 Å². The largest absolute Gasteiger partial charge is 0.380 e. The smallest absolute Gasteiger partial charge is 0.166 e. The van der Waals surface area contributed by atoms with Crippen LogP contribution in [0.3, 0.4) is 0 Å². The lowest BCUT2D eigenvalue weighted by atomic mass is 9.88. The van der Waals surface area contributed by atoms with Crippen molar-refractivity contribution in [2.45, 2.75) is 44.5 Å². The van der Waals surface area contributed by atoms with Gasteiger partial charge in [0.1, 0.15) is 0 Å². The van der Waals surface area contributed by atoms with Crippen molar-refractivity contribution in [3.8, 4) is 0 Å². The van der Waals surface area contributed by atoms with Crippen LogP contribution in [0.2, 0.25) is 0 Å². The fraction of sp³-hybridized carbons (Fsp3) is 0.562. The highest BCUT2D eigenvalue weighted by Crippen LogP contribution is 2.37. The van der Waals surface area contributed by atoms with Crippen LogP contribution in [0, 0.1) is 5.92 Å². The second-order valence-corrected chi connectivity index (χ2v) is 5.62. The quantitative estimate of drug-likeness (QED) is 0.781. The Morgan fingerprint density at radius 2 is 1.84 bits per heavy atom. The molecule has 2 unspecified atom stereocenters. The number of ketones is 1. The number of Topliss-reactive ketones (excluding diaryl/α,β-unsaturated/α-hetero) is 1. The molecule has 3 heteroatoms. The second kappa shape index (κ2) is 5.43. The van der Waals surface area contributed by atoms with Gasteiger partial charge in [-0.2, -0.15) is 0 Å². The Bertz CT molecular complexity index is 440. The number of carbonyl (C=O) groups excluding carboxylic acids is 1. The predicted molar refractivity (Wildman–Crippen MR) is 72.1 cm³/mol. The fourth-order valence-electron chi connectivity index (χ4n) is 3.24. The van der Waals surface area contributed by atoms with E-state index in [4.69, 9.17) is 9.47 Å². The van der Waals surface area contributed by atoms with Crippen molar-refractivity contribution < 1.29 is 14.3 Å². The lowest BCUT2D eigenvalue weighted by molar-refractivity contribution is -0.0149. The maximum Gasteiger partial charge on any atom is 0.166 e. The second-order valence-electron chi connectivity index (χ2n) is 5.62. The lowest BCUT2D eigenvalue weighted by Gasteiger charge is -2.27. The molecular weight excluding hydrogens is 240 g/mol. The molecule has 0 aromatic heterocycles. The molecule has 2 heterocycles. The average Bonchev–Trinajstić information content (AvgIpc) is 2.78. The van der Waals surface area contributed by atoms with Crippen LogP contribution in [0.25, 0.3) is 0 Å². The van der Waals surface area contributed by atoms with Gasteiger partial charge in [-0.1, -0.05) is 24.3 Å². The SMILES string of the molecule is COCc1ccc(C(=O)C2CC3CCC(C2)O3)cc1. The standard InChI is InChI=1S/C16H20O3/c1-18-10-11-2-4-12(5-3-11)16(17)13-8-14-6-7-15(9-13)19-14/h2-5,13-15H,6-10H2,1H3. The van der Waals surface area contributed by atoms with Crippen molar-refractivity contribution >= 4 is 5.78 Å². The Morgan fingerprint density at radius 1 is 1.21 bits per heavy atom. The maximum atomic E-state index is 12.5. The molecule has 3 rings (SSSR count). The van der Waals surface area contributed by atoms with Crippen molar-refractivity contribution in [1.29, 1.82) is 0 Å². The summed E-state index contributed by atoms with van der Waals surface area (Å²) in [5.74, 6) is 0.434. The normalized spacial score (nSPS) is 29.4. The van der Waals surface area contributed by atoms with E-state index in [1.165, 1.54) is 0 Å². The lowest BCUT2D eigenvalue weighted by Crippen LogP contribution is -2.30. The summed E-state index contributed by atoms with van der Waals surface area (Å²) in [7, 11) is 1.68. The number of ether oxygens (including phenoxy) is 2. The molecule has 2 aliphatic rings. The van der Waals surface area contributed by atoms with Gasteiger partial charge >= 0.3 is 0 Å². The zero-order valence-electron chi connectivity index (χ0n) is 11.3. The summed E-state index contributed by atoms with van der Waals surface area (Å²) in [6.45, 7) is 0.593. The van der Waals surface area contributed by atoms with E-state index in [9.17, 15) is 4.79 Å². The molecule has 0 aliphatic carbocycles. The molecule has 1 aromatic carbocycles. The molecule has 0 saturated carbocycles. The molecule has 2 fully saturated rings. The van der Waals surface area contributed by atoms with E-state index in [2.05, 4.69) is 0 Å². The Hall–Kier alpha value is -1.19. The number of benzene rings is 1. The Kier molecular flexibility index (Phi) is 3.67. The monoisotopic (exact) mass is 260 g/mol. The Labute approximate surface area is 113 Å². The Morgan fingerprint density at radius 3 is 2.42 bits per heavy atom. The van der Waals surface area contributed by atoms with Crippen molar-refractivity contribution in [3.63, 3.8) is 0 Å². The number of carbonyl (C=O) groups is 1. The molecule has 0 spiro atoms. The molecule has 0 radical (unpaired) electrons. The first-order valence-electron chi connectivity index (χ1n) is 7.04. The zero-order chi connectivity index (χ0) is 13.2. The van der Waals surface area contributed by atoms with E-state index in [0.717, 1.165) is 36.8 Å². The predicted octanol–water partition coefficient (Wildman–Crippen LogP) is 2.97. The molecule has 3 nitrogen and oxygen atoms in total. The van der Waals surface area contributed by atoms with Crippen molar-refractivity contribution in [3.05, 3.63) is 35.4 Å². The maximum absolute atomic E-state index is 12.5. The minimum atomic E-state index is 0.152. The van der Waals surface area contributed by atoms with Crippen LogP contribution in [0.4, 0.5) is 0 Å². The van der Waals surface area contributed by atoms with Gasteiger partial charge in [0.15, 0.2) is 5.78 Å². The molecule has 2 bridgehead atoms. The third-order valence-corrected chi connectivity index (χ3v) is 4.21. The van der Waals surface area contributed by atoms with E-state index < -0.39 is 0 Å². The third-order valence-electron chi connectivity index (χ3n) is 4.21. The minimum absolute atomic E-state index is 0.152. The van der Waals surface area contributed by atoms with Crippen LogP contribution >= 0.6 is 0 Å². The average molecular weight is 260 g/mol. The molecule has 2 saturated heterocycles. The van der Waals surface area contributed by atoms with E-state index >= 15 is 0 Å². The first kappa shape index (κ1) is 12.8. The van der Waals surface area contributed by atoms with Crippen LogP contribution in [-0.4, -0.2) is 25.1 Å². The van der Waals surface area contributed by atoms with Crippen molar-refractivity contribution in [2.75, 3.05) is 7.11 Å². The molecule has 1 aromatic rings. The number of hydrogen-bond acceptors (Lipinski definition) is 3. The summed E-state index contributed by atoms with van der Waals surface area (Å²) in [4.78, 5) is 12.5. The summed E-state index contributed by atoms with van der Waals surface area (Å²) in [6, 6.07) is 7.80. The number of fused-ring (bicyclic) bond motifs is 2. The van der Waals surface area contributed by atoms with Crippen LogP contribution in [0.5, 0.6) is 0 Å². The summed E-state index contributed by atoms with van der Waals surface area (Å²) >= 11 is 0. The van der Waals surface area contributed by atoms with E-state index in [1.807, 2.05) is 24.3 Å². The first-order valence-corrected chi connectivity index (χ1v) is 7.04. The Balaban J connectivity index is 1.69. The van der Waals surface area contributed by atoms with E-state index in [1.54, 1.807) is 7.11 Å². The minimum Gasteiger partial charge on any atom is -0.380 e. The highest BCUT2D eigenvalue weighted by molar-refractivity contribution is 5.98. The van der Waals surface area contributed by atoms with E-state index in [-0.39, 0.29) is 11.7 Å². The van der Waals surface area contributed by atoms with E-state index in [0.29, 0.717) is 18.8 Å². The zero-order valence-corrected chi connectivity index (χ0v) is 11.3. The molecule has 102 valence electrons. The van der Waals surface area contributed by atoms with Gasteiger partial charge in [-0.05, 0) is 31.2 Å². The molecule has 0 N–H and O–H groups in total. The van der Waals surface area contributed by atoms with Crippen molar-refractivity contribution in [1.82, 2.24) is 0 Å². The highest BCUT2D eigenvalue weighted by Gasteiger charge is 2.38. The molecule has 19 heavy (non-hydrogen) atoms. The van der Waals surface area contributed by atoms with Gasteiger partial charge in [-0.3, -0.25) is 4.79 Å². The van der Waals surface area contributed by atoms with Crippen LogP contribution in [0.1, 0.15) is 41.6 Å². The third kappa shape index (κ3) is 2.72. The molecular formula is C16H20O3. The molecule has 2 atom stereocenters. The van der Waals surface area contributed by atoms with Gasteiger partial charge in [0.05, 0.1) is 18.8 Å². The summed E-state index contributed by atoms with van der Waals surface area (Å²) in [6.07, 6.45) is 4.69. The summed E-state index contributed by atoms with van der Waals surface area (Å²) < 4.78 is 10.9. The van der Waals surface area contributed by atoms with Gasteiger partial charge in [-0.15, -0.1) is 0 Å². The van der Waals surface area contributed by atoms with Gasteiger partial charge in [0, 0.05) is 18.6 Å². The molecule has 0 amide bonds.